The van der Waals surface area contributed by atoms with Gasteiger partial charge in [0.15, 0.2) is 0 Å². The second-order valence-electron chi connectivity index (χ2n) is 3.35. The van der Waals surface area contributed by atoms with Crippen LogP contribution in [0.5, 0.6) is 0 Å². The van der Waals surface area contributed by atoms with Crippen molar-refractivity contribution in [3.8, 4) is 0 Å². The van der Waals surface area contributed by atoms with Gasteiger partial charge in [0, 0.05) is 13.5 Å². The molecule has 0 aromatic rings. The maximum Gasteiger partial charge on any atom is 0.217 e. The summed E-state index contributed by atoms with van der Waals surface area (Å²) in [5, 5.41) is 2.47. The fourth-order valence-corrected chi connectivity index (χ4v) is 1.36. The number of hydrogen-bond acceptors (Lipinski definition) is 6. The molecule has 7 nitrogen and oxygen atoms in total. The van der Waals surface area contributed by atoms with Crippen molar-refractivity contribution in [2.24, 2.45) is 0 Å². The quantitative estimate of drug-likeness (QED) is 0.449. The van der Waals surface area contributed by atoms with Gasteiger partial charge >= 0.3 is 0 Å². The summed E-state index contributed by atoms with van der Waals surface area (Å²) in [5.74, 6) is -0.311. The maximum absolute atomic E-state index is 10.7. The van der Waals surface area contributed by atoms with Crippen molar-refractivity contribution in [2.45, 2.75) is 13.0 Å². The van der Waals surface area contributed by atoms with Gasteiger partial charge in [0.2, 0.25) is 16.3 Å². The van der Waals surface area contributed by atoms with Crippen LogP contribution in [0.15, 0.2) is 0 Å². The number of carbonyl (C=O) groups excluding carboxylic acids is 1. The molecule has 1 N–H and O–H groups in total. The summed E-state index contributed by atoms with van der Waals surface area (Å²) in [6.07, 6.45) is 0. The van der Waals surface area contributed by atoms with Gasteiger partial charge in [0.25, 0.3) is 0 Å². The van der Waals surface area contributed by atoms with Crippen molar-refractivity contribution in [1.29, 1.82) is 0 Å². The highest BCUT2D eigenvalue weighted by Crippen LogP contribution is 1.93. The third kappa shape index (κ3) is 9.60. The van der Waals surface area contributed by atoms with E-state index in [1.54, 1.807) is 19.0 Å². The molecule has 0 saturated heterocycles. The van der Waals surface area contributed by atoms with Gasteiger partial charge in [0.1, 0.15) is 0 Å². The molecular formula is C7H15N2O5S-. The van der Waals surface area contributed by atoms with E-state index < -0.39 is 16.4 Å². The molecule has 0 rings (SSSR count). The molecule has 0 aliphatic carbocycles. The topological polar surface area (TPSA) is 98.8 Å². The molecule has 0 aliphatic heterocycles. The van der Waals surface area contributed by atoms with Crippen LogP contribution in [0, 0.1) is 0 Å². The summed E-state index contributed by atoms with van der Waals surface area (Å²) in [5.41, 5.74) is 0. The molecule has 15 heavy (non-hydrogen) atoms. The molecule has 1 unspecified atom stereocenters. The van der Waals surface area contributed by atoms with E-state index >= 15 is 0 Å². The van der Waals surface area contributed by atoms with E-state index in [2.05, 4.69) is 9.50 Å². The summed E-state index contributed by atoms with van der Waals surface area (Å²) < 4.78 is 34.7. The first-order valence-electron chi connectivity index (χ1n) is 4.23. The lowest BCUT2D eigenvalue weighted by Crippen LogP contribution is -2.44. The average Bonchev–Trinajstić information content (AvgIpc) is 1.96. The Morgan fingerprint density at radius 3 is 2.40 bits per heavy atom. The first kappa shape index (κ1) is 14.3. The largest absolute Gasteiger partial charge is 0.726 e. The van der Waals surface area contributed by atoms with E-state index in [9.17, 15) is 17.8 Å². The highest BCUT2D eigenvalue weighted by Gasteiger charge is 2.12. The fourth-order valence-electron chi connectivity index (χ4n) is 1.03. The monoisotopic (exact) mass is 239 g/mol. The number of carbonyl (C=O) groups is 1. The zero-order valence-corrected chi connectivity index (χ0v) is 9.70. The van der Waals surface area contributed by atoms with E-state index in [-0.39, 0.29) is 12.5 Å². The molecule has 0 saturated carbocycles. The Morgan fingerprint density at radius 1 is 1.53 bits per heavy atom. The van der Waals surface area contributed by atoms with Gasteiger partial charge in [-0.15, -0.1) is 0 Å². The molecule has 0 heterocycles. The highest BCUT2D eigenvalue weighted by atomic mass is 32.3. The van der Waals surface area contributed by atoms with Crippen LogP contribution in [0.2, 0.25) is 0 Å². The minimum atomic E-state index is -4.71. The van der Waals surface area contributed by atoms with Crippen molar-refractivity contribution < 1.29 is 21.9 Å². The summed E-state index contributed by atoms with van der Waals surface area (Å²) in [6.45, 7) is 1.33. The first-order valence-corrected chi connectivity index (χ1v) is 5.56. The summed E-state index contributed by atoms with van der Waals surface area (Å²) in [6, 6.07) is -0.527. The van der Waals surface area contributed by atoms with Gasteiger partial charge in [-0.3, -0.25) is 8.98 Å². The summed E-state index contributed by atoms with van der Waals surface area (Å²) in [4.78, 5) is 12.5. The van der Waals surface area contributed by atoms with Gasteiger partial charge in [-0.2, -0.15) is 0 Å². The molecule has 0 radical (unpaired) electrons. The van der Waals surface area contributed by atoms with Crippen molar-refractivity contribution in [1.82, 2.24) is 10.2 Å². The maximum atomic E-state index is 10.7. The molecular weight excluding hydrogens is 224 g/mol. The first-order chi connectivity index (χ1) is 6.70. The molecule has 1 atom stereocenters. The Hall–Kier alpha value is -0.700. The Balaban J connectivity index is 4.18. The molecule has 0 aromatic heterocycles. The van der Waals surface area contributed by atoms with Crippen LogP contribution in [0.25, 0.3) is 0 Å². The van der Waals surface area contributed by atoms with Crippen LogP contribution in [0.4, 0.5) is 0 Å². The van der Waals surface area contributed by atoms with Crippen LogP contribution >= 0.6 is 0 Å². The van der Waals surface area contributed by atoms with E-state index in [0.717, 1.165) is 0 Å². The zero-order chi connectivity index (χ0) is 12.1. The highest BCUT2D eigenvalue weighted by molar-refractivity contribution is 7.80. The summed E-state index contributed by atoms with van der Waals surface area (Å²) >= 11 is 0. The predicted molar refractivity (Wildman–Crippen MR) is 51.8 cm³/mol. The normalized spacial score (nSPS) is 13.9. The van der Waals surface area contributed by atoms with Crippen molar-refractivity contribution in [3.05, 3.63) is 0 Å². The number of rotatable bonds is 6. The van der Waals surface area contributed by atoms with Crippen molar-refractivity contribution >= 4 is 16.3 Å². The third-order valence-corrected chi connectivity index (χ3v) is 1.83. The predicted octanol–water partition coefficient (Wildman–Crippen LogP) is -1.47. The number of nitrogens with zero attached hydrogens (tertiary/aromatic N) is 1. The van der Waals surface area contributed by atoms with Gasteiger partial charge in [0.05, 0.1) is 12.6 Å². The van der Waals surface area contributed by atoms with Crippen LogP contribution in [-0.2, 0) is 19.4 Å². The second-order valence-corrected chi connectivity index (χ2v) is 4.40. The minimum Gasteiger partial charge on any atom is -0.726 e. The molecule has 8 heteroatoms. The standard InChI is InChI=1S/C7H16N2O5S/c1-6(10)8-7(4-9(2)3)5-14-15(11,12)13/h7H,4-5H2,1-3H3,(H,8,10)(H,11,12,13)/p-1. The van der Waals surface area contributed by atoms with E-state index in [4.69, 9.17) is 0 Å². The summed E-state index contributed by atoms with van der Waals surface area (Å²) in [7, 11) is -1.21. The lowest BCUT2D eigenvalue weighted by atomic mass is 10.3. The number of nitrogens with one attached hydrogen (secondary N) is 1. The Labute approximate surface area is 89.4 Å². The van der Waals surface area contributed by atoms with Gasteiger partial charge in [-0.25, -0.2) is 8.42 Å². The lowest BCUT2D eigenvalue weighted by molar-refractivity contribution is -0.120. The smallest absolute Gasteiger partial charge is 0.217 e. The molecule has 1 amide bonds. The number of amides is 1. The number of likely N-dealkylation sites (N-methyl/N-ethyl adjacent to an activating group) is 1. The van der Waals surface area contributed by atoms with Crippen LogP contribution < -0.4 is 5.32 Å². The van der Waals surface area contributed by atoms with Crippen LogP contribution in [-0.4, -0.2) is 57.1 Å². The van der Waals surface area contributed by atoms with Crippen LogP contribution in [0.3, 0.4) is 0 Å². The van der Waals surface area contributed by atoms with E-state index in [1.807, 2.05) is 0 Å². The Morgan fingerprint density at radius 2 is 2.07 bits per heavy atom. The van der Waals surface area contributed by atoms with Crippen molar-refractivity contribution in [3.63, 3.8) is 0 Å². The molecule has 0 spiro atoms. The molecule has 0 aromatic carbocycles. The Kier molecular flexibility index (Phi) is 5.73. The van der Waals surface area contributed by atoms with Crippen molar-refractivity contribution in [2.75, 3.05) is 27.2 Å². The Bertz CT molecular complexity index is 301. The number of hydrogen-bond donors (Lipinski definition) is 1. The van der Waals surface area contributed by atoms with Gasteiger partial charge in [-0.1, -0.05) is 0 Å². The van der Waals surface area contributed by atoms with Gasteiger partial charge in [-0.05, 0) is 14.1 Å². The molecule has 0 fully saturated rings. The van der Waals surface area contributed by atoms with Gasteiger partial charge < -0.3 is 14.8 Å². The lowest BCUT2D eigenvalue weighted by Gasteiger charge is -2.22. The third-order valence-electron chi connectivity index (χ3n) is 1.41. The van der Waals surface area contributed by atoms with E-state index in [1.165, 1.54) is 6.92 Å². The average molecular weight is 239 g/mol. The molecule has 0 aliphatic rings. The molecule has 0 bridgehead atoms. The zero-order valence-electron chi connectivity index (χ0n) is 8.89. The second kappa shape index (κ2) is 6.01. The van der Waals surface area contributed by atoms with E-state index in [0.29, 0.717) is 6.54 Å². The molecule has 90 valence electrons. The fraction of sp³-hybridized carbons (Fsp3) is 0.857. The minimum absolute atomic E-state index is 0.311. The SMILES string of the molecule is CC(=O)NC(COS(=O)(=O)[O-])CN(C)C. The van der Waals surface area contributed by atoms with Crippen LogP contribution in [0.1, 0.15) is 6.92 Å².